The van der Waals surface area contributed by atoms with Gasteiger partial charge >= 0.3 is 0 Å². The molecule has 1 aromatic heterocycles. The molecule has 0 bridgehead atoms. The van der Waals surface area contributed by atoms with Crippen molar-refractivity contribution in [2.24, 2.45) is 0 Å². The van der Waals surface area contributed by atoms with Gasteiger partial charge in [-0.2, -0.15) is 4.98 Å². The van der Waals surface area contributed by atoms with Crippen LogP contribution in [0.4, 0.5) is 11.9 Å². The maximum atomic E-state index is 11.1. The molecule has 2 rings (SSSR count). The first-order chi connectivity index (χ1) is 6.75. The molecule has 7 nitrogen and oxygen atoms in total. The molecule has 7 heteroatoms. The first kappa shape index (κ1) is 8.67. The molecule has 0 spiro atoms. The molecular weight excluding hydrogens is 184 g/mol. The number of piperazine rings is 1. The van der Waals surface area contributed by atoms with E-state index in [0.717, 1.165) is 0 Å². The van der Waals surface area contributed by atoms with Gasteiger partial charge in [-0.3, -0.25) is 4.79 Å². The normalized spacial score (nSPS) is 16.6. The second-order valence-electron chi connectivity index (χ2n) is 2.92. The average molecular weight is 194 g/mol. The molecule has 0 saturated carbocycles. The smallest absolute Gasteiger partial charge is 0.239 e. The van der Waals surface area contributed by atoms with Gasteiger partial charge in [0.1, 0.15) is 6.33 Å². The summed E-state index contributed by atoms with van der Waals surface area (Å²) in [5.74, 6) is 0.587. The van der Waals surface area contributed by atoms with Crippen LogP contribution in [0.25, 0.3) is 0 Å². The molecule has 1 amide bonds. The molecule has 0 atom stereocenters. The van der Waals surface area contributed by atoms with Crippen molar-refractivity contribution in [3.8, 4) is 0 Å². The highest BCUT2D eigenvalue weighted by atomic mass is 16.2. The topological polar surface area (TPSA) is 97.0 Å². The number of anilines is 2. The van der Waals surface area contributed by atoms with Crippen molar-refractivity contribution in [1.29, 1.82) is 0 Å². The summed E-state index contributed by atoms with van der Waals surface area (Å²) in [5, 5.41) is 2.71. The van der Waals surface area contributed by atoms with Crippen LogP contribution in [0.3, 0.4) is 0 Å². The van der Waals surface area contributed by atoms with Crippen LogP contribution in [0.2, 0.25) is 0 Å². The monoisotopic (exact) mass is 194 g/mol. The quantitative estimate of drug-likeness (QED) is 0.558. The fourth-order valence-electron chi connectivity index (χ4n) is 1.26. The standard InChI is InChI=1S/C7H10N6O/c8-6-10-4-11-7(12-6)13-2-1-9-5(14)3-13/h4H,1-3H2,(H,9,14)(H2,8,10,11,12). The second kappa shape index (κ2) is 3.44. The van der Waals surface area contributed by atoms with Gasteiger partial charge in [-0.25, -0.2) is 9.97 Å². The van der Waals surface area contributed by atoms with Crippen molar-refractivity contribution in [3.05, 3.63) is 6.33 Å². The molecule has 1 fully saturated rings. The van der Waals surface area contributed by atoms with Crippen LogP contribution >= 0.6 is 0 Å². The van der Waals surface area contributed by atoms with Gasteiger partial charge in [0, 0.05) is 13.1 Å². The number of nitrogens with two attached hydrogens (primary N) is 1. The largest absolute Gasteiger partial charge is 0.368 e. The van der Waals surface area contributed by atoms with E-state index in [9.17, 15) is 4.79 Å². The molecule has 14 heavy (non-hydrogen) atoms. The number of nitrogens with zero attached hydrogens (tertiary/aromatic N) is 4. The van der Waals surface area contributed by atoms with Crippen molar-refractivity contribution < 1.29 is 4.79 Å². The van der Waals surface area contributed by atoms with Crippen LogP contribution in [0, 0.1) is 0 Å². The van der Waals surface area contributed by atoms with Crippen LogP contribution in [-0.2, 0) is 4.79 Å². The summed E-state index contributed by atoms with van der Waals surface area (Å²) in [6, 6.07) is 0. The summed E-state index contributed by atoms with van der Waals surface area (Å²) in [5.41, 5.74) is 5.41. The zero-order valence-electron chi connectivity index (χ0n) is 7.47. The lowest BCUT2D eigenvalue weighted by molar-refractivity contribution is -0.120. The molecular formula is C7H10N6O. The number of nitrogen functional groups attached to an aromatic ring is 1. The molecule has 2 heterocycles. The minimum absolute atomic E-state index is 0.0322. The van der Waals surface area contributed by atoms with Crippen molar-refractivity contribution in [3.63, 3.8) is 0 Å². The zero-order chi connectivity index (χ0) is 9.97. The van der Waals surface area contributed by atoms with Crippen LogP contribution in [-0.4, -0.2) is 40.5 Å². The predicted octanol–water partition coefficient (Wildman–Crippen LogP) is -1.61. The van der Waals surface area contributed by atoms with Gasteiger partial charge in [0.05, 0.1) is 6.54 Å². The van der Waals surface area contributed by atoms with Crippen molar-refractivity contribution >= 4 is 17.8 Å². The van der Waals surface area contributed by atoms with E-state index < -0.39 is 0 Å². The van der Waals surface area contributed by atoms with E-state index in [1.54, 1.807) is 4.90 Å². The maximum Gasteiger partial charge on any atom is 0.239 e. The molecule has 74 valence electrons. The number of rotatable bonds is 1. The third kappa shape index (κ3) is 1.70. The Bertz CT molecular complexity index is 354. The highest BCUT2D eigenvalue weighted by Crippen LogP contribution is 2.07. The Balaban J connectivity index is 2.17. The number of amides is 1. The van der Waals surface area contributed by atoms with Crippen molar-refractivity contribution in [2.75, 3.05) is 30.3 Å². The molecule has 3 N–H and O–H groups in total. The molecule has 1 aliphatic rings. The molecule has 0 unspecified atom stereocenters. The number of hydrogen-bond acceptors (Lipinski definition) is 6. The summed E-state index contributed by atoms with van der Waals surface area (Å²) < 4.78 is 0. The van der Waals surface area contributed by atoms with E-state index in [1.807, 2.05) is 0 Å². The number of carbonyl (C=O) groups is 1. The van der Waals surface area contributed by atoms with Crippen molar-refractivity contribution in [1.82, 2.24) is 20.3 Å². The highest BCUT2D eigenvalue weighted by molar-refractivity contribution is 5.81. The van der Waals surface area contributed by atoms with Gasteiger partial charge < -0.3 is 16.0 Å². The molecule has 0 aromatic carbocycles. The first-order valence-corrected chi connectivity index (χ1v) is 4.22. The van der Waals surface area contributed by atoms with E-state index in [1.165, 1.54) is 6.33 Å². The number of aromatic nitrogens is 3. The lowest BCUT2D eigenvalue weighted by atomic mass is 10.4. The van der Waals surface area contributed by atoms with Gasteiger partial charge in [0.25, 0.3) is 0 Å². The highest BCUT2D eigenvalue weighted by Gasteiger charge is 2.18. The Kier molecular flexibility index (Phi) is 2.13. The Morgan fingerprint density at radius 3 is 3.07 bits per heavy atom. The van der Waals surface area contributed by atoms with Gasteiger partial charge in [-0.05, 0) is 0 Å². The number of carbonyl (C=O) groups excluding carboxylic acids is 1. The SMILES string of the molecule is Nc1ncnc(N2CCNC(=O)C2)n1. The third-order valence-electron chi connectivity index (χ3n) is 1.90. The van der Waals surface area contributed by atoms with Crippen LogP contribution < -0.4 is 16.0 Å². The van der Waals surface area contributed by atoms with E-state index in [-0.39, 0.29) is 18.4 Å². The molecule has 1 saturated heterocycles. The fourth-order valence-corrected chi connectivity index (χ4v) is 1.26. The Morgan fingerprint density at radius 1 is 1.50 bits per heavy atom. The van der Waals surface area contributed by atoms with Gasteiger partial charge in [0.2, 0.25) is 17.8 Å². The Labute approximate surface area is 80.4 Å². The van der Waals surface area contributed by atoms with Crippen LogP contribution in [0.15, 0.2) is 6.33 Å². The minimum Gasteiger partial charge on any atom is -0.368 e. The second-order valence-corrected chi connectivity index (χ2v) is 2.92. The first-order valence-electron chi connectivity index (χ1n) is 4.22. The van der Waals surface area contributed by atoms with E-state index >= 15 is 0 Å². The summed E-state index contributed by atoms with van der Waals surface area (Å²) in [6.45, 7) is 1.56. The lowest BCUT2D eigenvalue weighted by Crippen LogP contribution is -2.48. The lowest BCUT2D eigenvalue weighted by Gasteiger charge is -2.26. The Hall–Kier alpha value is -1.92. The average Bonchev–Trinajstić information content (AvgIpc) is 2.18. The number of nitrogens with one attached hydrogen (secondary N) is 1. The van der Waals surface area contributed by atoms with E-state index in [4.69, 9.17) is 5.73 Å². The summed E-state index contributed by atoms with van der Waals surface area (Å²) >= 11 is 0. The van der Waals surface area contributed by atoms with Gasteiger partial charge in [0.15, 0.2) is 0 Å². The molecule has 1 aromatic rings. The summed E-state index contributed by atoms with van der Waals surface area (Å²) in [6.07, 6.45) is 1.34. The minimum atomic E-state index is -0.0322. The van der Waals surface area contributed by atoms with E-state index in [2.05, 4.69) is 20.3 Å². The van der Waals surface area contributed by atoms with Crippen LogP contribution in [0.1, 0.15) is 0 Å². The van der Waals surface area contributed by atoms with Gasteiger partial charge in [-0.15, -0.1) is 0 Å². The zero-order valence-corrected chi connectivity index (χ0v) is 7.47. The molecule has 0 aliphatic carbocycles. The fraction of sp³-hybridized carbons (Fsp3) is 0.429. The third-order valence-corrected chi connectivity index (χ3v) is 1.90. The Morgan fingerprint density at radius 2 is 2.36 bits per heavy atom. The number of hydrogen-bond donors (Lipinski definition) is 2. The molecule has 1 aliphatic heterocycles. The van der Waals surface area contributed by atoms with Gasteiger partial charge in [-0.1, -0.05) is 0 Å². The molecule has 0 radical (unpaired) electrons. The van der Waals surface area contributed by atoms with E-state index in [0.29, 0.717) is 19.0 Å². The summed E-state index contributed by atoms with van der Waals surface area (Å²) in [4.78, 5) is 24.4. The summed E-state index contributed by atoms with van der Waals surface area (Å²) in [7, 11) is 0. The predicted molar refractivity (Wildman–Crippen MR) is 49.5 cm³/mol. The van der Waals surface area contributed by atoms with Crippen molar-refractivity contribution in [2.45, 2.75) is 0 Å². The maximum absolute atomic E-state index is 11.1. The van der Waals surface area contributed by atoms with Crippen LogP contribution in [0.5, 0.6) is 0 Å².